The molecular weight excluding hydrogens is 333 g/mol. The standard InChI is InChI=1S/C16H8ClF3OS/c17-12-5-9(8-21)4-11(6-12)14-7-10-2-1-3-13(15(10)22-14)16(18,19)20/h1-8H. The Balaban J connectivity index is 2.21. The highest BCUT2D eigenvalue weighted by molar-refractivity contribution is 7.22. The minimum atomic E-state index is -4.40. The summed E-state index contributed by atoms with van der Waals surface area (Å²) in [6.07, 6.45) is -3.74. The van der Waals surface area contributed by atoms with Crippen LogP contribution in [0.25, 0.3) is 20.5 Å². The molecule has 0 aliphatic rings. The zero-order chi connectivity index (χ0) is 15.9. The molecule has 3 rings (SSSR count). The summed E-state index contributed by atoms with van der Waals surface area (Å²) >= 11 is 6.98. The quantitative estimate of drug-likeness (QED) is 0.519. The molecule has 0 atom stereocenters. The molecule has 112 valence electrons. The molecule has 0 unspecified atom stereocenters. The highest BCUT2D eigenvalue weighted by Gasteiger charge is 2.33. The lowest BCUT2D eigenvalue weighted by Gasteiger charge is -2.06. The third-order valence-corrected chi connectivity index (χ3v) is 4.64. The molecule has 0 N–H and O–H groups in total. The molecule has 22 heavy (non-hydrogen) atoms. The summed E-state index contributed by atoms with van der Waals surface area (Å²) in [4.78, 5) is 11.5. The van der Waals surface area contributed by atoms with Crippen LogP contribution in [0.15, 0.2) is 42.5 Å². The molecule has 1 nitrogen and oxygen atoms in total. The van der Waals surface area contributed by atoms with Crippen molar-refractivity contribution in [1.82, 2.24) is 0 Å². The fourth-order valence-electron chi connectivity index (χ4n) is 2.25. The molecule has 0 saturated carbocycles. The molecule has 0 bridgehead atoms. The third-order valence-electron chi connectivity index (χ3n) is 3.19. The molecule has 0 saturated heterocycles. The Kier molecular flexibility index (Phi) is 3.70. The second kappa shape index (κ2) is 5.41. The van der Waals surface area contributed by atoms with Gasteiger partial charge in [0.1, 0.15) is 6.29 Å². The Hall–Kier alpha value is -1.85. The second-order valence-corrected chi connectivity index (χ2v) is 6.21. The number of carbonyl (C=O) groups excluding carboxylic acids is 1. The molecule has 1 heterocycles. The lowest BCUT2D eigenvalue weighted by atomic mass is 10.1. The number of fused-ring (bicyclic) bond motifs is 1. The number of halogens is 4. The normalized spacial score (nSPS) is 11.8. The highest BCUT2D eigenvalue weighted by Crippen LogP contribution is 2.41. The van der Waals surface area contributed by atoms with E-state index in [2.05, 4.69) is 0 Å². The van der Waals surface area contributed by atoms with Crippen molar-refractivity contribution < 1.29 is 18.0 Å². The Labute approximate surface area is 133 Å². The van der Waals surface area contributed by atoms with Gasteiger partial charge in [-0.05, 0) is 41.3 Å². The summed E-state index contributed by atoms with van der Waals surface area (Å²) in [5.41, 5.74) is 0.360. The van der Waals surface area contributed by atoms with Crippen LogP contribution >= 0.6 is 22.9 Å². The Morgan fingerprint density at radius 3 is 2.55 bits per heavy atom. The maximum Gasteiger partial charge on any atom is 0.417 e. The minimum Gasteiger partial charge on any atom is -0.298 e. The molecule has 0 amide bonds. The van der Waals surface area contributed by atoms with Gasteiger partial charge in [-0.3, -0.25) is 4.79 Å². The van der Waals surface area contributed by atoms with E-state index in [-0.39, 0.29) is 4.70 Å². The van der Waals surface area contributed by atoms with E-state index in [0.29, 0.717) is 32.7 Å². The molecule has 3 aromatic rings. The number of benzene rings is 2. The zero-order valence-electron chi connectivity index (χ0n) is 10.9. The van der Waals surface area contributed by atoms with E-state index in [4.69, 9.17) is 11.6 Å². The van der Waals surface area contributed by atoms with Crippen LogP contribution in [-0.2, 0) is 6.18 Å². The van der Waals surface area contributed by atoms with Gasteiger partial charge in [-0.2, -0.15) is 13.2 Å². The van der Waals surface area contributed by atoms with E-state index < -0.39 is 11.7 Å². The van der Waals surface area contributed by atoms with Crippen LogP contribution in [-0.4, -0.2) is 6.29 Å². The number of rotatable bonds is 2. The van der Waals surface area contributed by atoms with Crippen LogP contribution in [0.5, 0.6) is 0 Å². The minimum absolute atomic E-state index is 0.178. The van der Waals surface area contributed by atoms with Crippen LogP contribution in [0.1, 0.15) is 15.9 Å². The topological polar surface area (TPSA) is 17.1 Å². The molecule has 0 aliphatic heterocycles. The molecule has 0 spiro atoms. The lowest BCUT2D eigenvalue weighted by Crippen LogP contribution is -2.04. The van der Waals surface area contributed by atoms with Gasteiger partial charge >= 0.3 is 6.18 Å². The fraction of sp³-hybridized carbons (Fsp3) is 0.0625. The van der Waals surface area contributed by atoms with Crippen molar-refractivity contribution in [2.45, 2.75) is 6.18 Å². The van der Waals surface area contributed by atoms with E-state index in [0.717, 1.165) is 17.4 Å². The van der Waals surface area contributed by atoms with Crippen LogP contribution in [0.2, 0.25) is 5.02 Å². The van der Waals surface area contributed by atoms with Gasteiger partial charge < -0.3 is 0 Å². The first-order valence-electron chi connectivity index (χ1n) is 6.24. The summed E-state index contributed by atoms with van der Waals surface area (Å²) in [7, 11) is 0. The molecular formula is C16H8ClF3OS. The summed E-state index contributed by atoms with van der Waals surface area (Å²) in [6.45, 7) is 0. The number of hydrogen-bond acceptors (Lipinski definition) is 2. The SMILES string of the molecule is O=Cc1cc(Cl)cc(-c2cc3cccc(C(F)(F)F)c3s2)c1. The van der Waals surface area contributed by atoms with Crippen molar-refractivity contribution >= 4 is 39.3 Å². The largest absolute Gasteiger partial charge is 0.417 e. The molecule has 0 fully saturated rings. The van der Waals surface area contributed by atoms with Crippen molar-refractivity contribution in [1.29, 1.82) is 0 Å². The maximum absolute atomic E-state index is 13.1. The van der Waals surface area contributed by atoms with E-state index in [9.17, 15) is 18.0 Å². The van der Waals surface area contributed by atoms with Gasteiger partial charge in [-0.25, -0.2) is 0 Å². The van der Waals surface area contributed by atoms with Gasteiger partial charge in [0, 0.05) is 20.2 Å². The zero-order valence-corrected chi connectivity index (χ0v) is 12.5. The third kappa shape index (κ3) is 2.74. The number of hydrogen-bond donors (Lipinski definition) is 0. The van der Waals surface area contributed by atoms with Gasteiger partial charge in [0.15, 0.2) is 0 Å². The van der Waals surface area contributed by atoms with Gasteiger partial charge in [0.2, 0.25) is 0 Å². The molecule has 0 aliphatic carbocycles. The number of carbonyl (C=O) groups is 1. The van der Waals surface area contributed by atoms with E-state index in [1.165, 1.54) is 12.1 Å². The van der Waals surface area contributed by atoms with E-state index >= 15 is 0 Å². The Morgan fingerprint density at radius 2 is 1.86 bits per heavy atom. The van der Waals surface area contributed by atoms with Gasteiger partial charge in [-0.1, -0.05) is 23.7 Å². The second-order valence-electron chi connectivity index (χ2n) is 4.72. The average Bonchev–Trinajstić information content (AvgIpc) is 2.89. The lowest BCUT2D eigenvalue weighted by molar-refractivity contribution is -0.136. The van der Waals surface area contributed by atoms with Crippen molar-refractivity contribution in [2.24, 2.45) is 0 Å². The van der Waals surface area contributed by atoms with Gasteiger partial charge in [0.05, 0.1) is 5.56 Å². The molecule has 0 radical (unpaired) electrons. The van der Waals surface area contributed by atoms with Gasteiger partial charge in [0.25, 0.3) is 0 Å². The van der Waals surface area contributed by atoms with E-state index in [1.807, 2.05) is 0 Å². The summed E-state index contributed by atoms with van der Waals surface area (Å²) in [6, 6.07) is 10.5. The maximum atomic E-state index is 13.1. The molecule has 6 heteroatoms. The predicted molar refractivity (Wildman–Crippen MR) is 82.7 cm³/mol. The average molecular weight is 341 g/mol. The first kappa shape index (κ1) is 15.1. The first-order valence-corrected chi connectivity index (χ1v) is 7.44. The van der Waals surface area contributed by atoms with Crippen molar-refractivity contribution in [3.05, 3.63) is 58.6 Å². The Morgan fingerprint density at radius 1 is 1.09 bits per heavy atom. The van der Waals surface area contributed by atoms with Crippen LogP contribution in [0.3, 0.4) is 0 Å². The smallest absolute Gasteiger partial charge is 0.298 e. The van der Waals surface area contributed by atoms with Crippen molar-refractivity contribution in [3.8, 4) is 10.4 Å². The summed E-state index contributed by atoms with van der Waals surface area (Å²) < 4.78 is 39.3. The monoisotopic (exact) mass is 340 g/mol. The number of alkyl halides is 3. The van der Waals surface area contributed by atoms with Gasteiger partial charge in [-0.15, -0.1) is 11.3 Å². The van der Waals surface area contributed by atoms with Crippen molar-refractivity contribution in [2.75, 3.05) is 0 Å². The highest BCUT2D eigenvalue weighted by atomic mass is 35.5. The van der Waals surface area contributed by atoms with Crippen molar-refractivity contribution in [3.63, 3.8) is 0 Å². The number of thiophene rings is 1. The first-order chi connectivity index (χ1) is 10.4. The predicted octanol–water partition coefficient (Wildman–Crippen LogP) is 6.05. The summed E-state index contributed by atoms with van der Waals surface area (Å²) in [5, 5.41) is 0.885. The van der Waals surface area contributed by atoms with E-state index in [1.54, 1.807) is 24.3 Å². The summed E-state index contributed by atoms with van der Waals surface area (Å²) in [5.74, 6) is 0. The van der Waals surface area contributed by atoms with Crippen LogP contribution < -0.4 is 0 Å². The fourth-order valence-corrected chi connectivity index (χ4v) is 3.67. The molecule has 2 aromatic carbocycles. The van der Waals surface area contributed by atoms with Crippen LogP contribution in [0.4, 0.5) is 13.2 Å². The van der Waals surface area contributed by atoms with Crippen LogP contribution in [0, 0.1) is 0 Å². The molecule has 1 aromatic heterocycles. The number of aldehydes is 1. The Bertz CT molecular complexity index is 867.